The summed E-state index contributed by atoms with van der Waals surface area (Å²) in [6.45, 7) is 1.81. The third-order valence-corrected chi connectivity index (χ3v) is 7.53. The molecule has 0 aromatic heterocycles. The summed E-state index contributed by atoms with van der Waals surface area (Å²) < 4.78 is 10.9. The number of hydrogen-bond acceptors (Lipinski definition) is 6. The Kier molecular flexibility index (Phi) is 10.9. The molecule has 0 fully saturated rings. The monoisotopic (exact) mass is 615 g/mol. The Bertz CT molecular complexity index is 1610. The van der Waals surface area contributed by atoms with Crippen molar-refractivity contribution in [1.29, 1.82) is 0 Å². The van der Waals surface area contributed by atoms with Crippen molar-refractivity contribution >= 4 is 58.5 Å². The van der Waals surface area contributed by atoms with Crippen LogP contribution >= 0.6 is 23.4 Å². The van der Waals surface area contributed by atoms with E-state index >= 15 is 0 Å². The Morgan fingerprint density at radius 2 is 1.44 bits per heavy atom. The van der Waals surface area contributed by atoms with Gasteiger partial charge < -0.3 is 25.4 Å². The van der Waals surface area contributed by atoms with E-state index in [1.165, 1.54) is 32.1 Å². The number of rotatable bonds is 11. The summed E-state index contributed by atoms with van der Waals surface area (Å²) in [5, 5.41) is 8.64. The third-order valence-electron chi connectivity index (χ3n) is 6.17. The van der Waals surface area contributed by atoms with E-state index in [0.29, 0.717) is 39.0 Å². The van der Waals surface area contributed by atoms with Crippen molar-refractivity contribution in [3.8, 4) is 11.5 Å². The molecule has 4 aromatic rings. The van der Waals surface area contributed by atoms with Crippen LogP contribution in [0, 0.1) is 0 Å². The fourth-order valence-electron chi connectivity index (χ4n) is 3.97. The topological polar surface area (TPSA) is 106 Å². The highest BCUT2D eigenvalue weighted by Gasteiger charge is 2.18. The zero-order valence-corrected chi connectivity index (χ0v) is 25.3. The molecule has 1 atom stereocenters. The van der Waals surface area contributed by atoms with Gasteiger partial charge in [0.15, 0.2) is 11.5 Å². The van der Waals surface area contributed by atoms with Crippen LogP contribution in [0.5, 0.6) is 11.5 Å². The number of thioether (sulfide) groups is 1. The number of methoxy groups -OCH3 is 2. The van der Waals surface area contributed by atoms with Crippen LogP contribution in [-0.2, 0) is 9.59 Å². The van der Waals surface area contributed by atoms with E-state index in [-0.39, 0.29) is 16.9 Å². The molecule has 4 aromatic carbocycles. The van der Waals surface area contributed by atoms with Crippen LogP contribution in [0.1, 0.15) is 22.8 Å². The summed E-state index contributed by atoms with van der Waals surface area (Å²) >= 11 is 7.29. The van der Waals surface area contributed by atoms with E-state index in [4.69, 9.17) is 21.1 Å². The summed E-state index contributed by atoms with van der Waals surface area (Å²) in [7, 11) is 3.02. The van der Waals surface area contributed by atoms with E-state index < -0.39 is 11.8 Å². The van der Waals surface area contributed by atoms with Gasteiger partial charge in [0.25, 0.3) is 11.8 Å². The summed E-state index contributed by atoms with van der Waals surface area (Å²) in [6.07, 6.45) is 1.53. The number of halogens is 1. The molecule has 0 bridgehead atoms. The molecule has 10 heteroatoms. The number of para-hydroxylation sites is 1. The largest absolute Gasteiger partial charge is 0.493 e. The lowest BCUT2D eigenvalue weighted by atomic mass is 10.1. The lowest BCUT2D eigenvalue weighted by Gasteiger charge is -2.14. The van der Waals surface area contributed by atoms with E-state index in [2.05, 4.69) is 16.0 Å². The number of ether oxygens (including phenoxy) is 2. The lowest BCUT2D eigenvalue weighted by molar-refractivity contribution is -0.115. The molecule has 0 aliphatic heterocycles. The van der Waals surface area contributed by atoms with E-state index in [9.17, 15) is 14.4 Å². The van der Waals surface area contributed by atoms with Crippen LogP contribution in [0.4, 0.5) is 11.4 Å². The van der Waals surface area contributed by atoms with Gasteiger partial charge in [0.05, 0.1) is 19.5 Å². The molecule has 0 heterocycles. The Morgan fingerprint density at radius 3 is 2.09 bits per heavy atom. The van der Waals surface area contributed by atoms with Gasteiger partial charge in [-0.1, -0.05) is 41.9 Å². The van der Waals surface area contributed by atoms with E-state index in [0.717, 1.165) is 4.90 Å². The van der Waals surface area contributed by atoms with Crippen LogP contribution in [0.25, 0.3) is 6.08 Å². The summed E-state index contributed by atoms with van der Waals surface area (Å²) in [4.78, 5) is 39.9. The lowest BCUT2D eigenvalue weighted by Crippen LogP contribution is -2.30. The molecule has 0 aliphatic rings. The highest BCUT2D eigenvalue weighted by molar-refractivity contribution is 8.00. The van der Waals surface area contributed by atoms with Crippen LogP contribution < -0.4 is 25.4 Å². The number of anilines is 2. The maximum atomic E-state index is 13.5. The molecule has 4 rings (SSSR count). The predicted octanol–water partition coefficient (Wildman–Crippen LogP) is 6.89. The summed E-state index contributed by atoms with van der Waals surface area (Å²) in [6, 6.07) is 27.8. The molecular formula is C33H30ClN3O5S. The number of carbonyl (C=O) groups excluding carboxylic acids is 3. The molecular weight excluding hydrogens is 586 g/mol. The SMILES string of the molecule is COc1cccc(/C=C(\NC(=O)c2ccccc2)C(=O)Nc2ccc(SC(C)C(=O)Nc3ccc(Cl)cc3)cc2)c1OC. The number of amides is 3. The number of nitrogens with one attached hydrogen (secondary N) is 3. The quantitative estimate of drug-likeness (QED) is 0.125. The standard InChI is InChI=1S/C33H30ClN3O5S/c1-21(31(38)35-25-14-12-24(34)13-15-25)43-27-18-16-26(17-19-27)36-33(40)28(37-32(39)22-8-5-4-6-9-22)20-23-10-7-11-29(41-2)30(23)42-3/h4-21H,1-3H3,(H,35,38)(H,36,40)(H,37,39)/b28-20-. The van der Waals surface area contributed by atoms with Crippen LogP contribution in [0.2, 0.25) is 5.02 Å². The van der Waals surface area contributed by atoms with Gasteiger partial charge in [-0.25, -0.2) is 0 Å². The van der Waals surface area contributed by atoms with Crippen LogP contribution in [0.3, 0.4) is 0 Å². The van der Waals surface area contributed by atoms with Crippen molar-refractivity contribution in [2.45, 2.75) is 17.1 Å². The highest BCUT2D eigenvalue weighted by atomic mass is 35.5. The molecule has 43 heavy (non-hydrogen) atoms. The molecule has 0 saturated heterocycles. The van der Waals surface area contributed by atoms with Gasteiger partial charge in [-0.05, 0) is 79.7 Å². The predicted molar refractivity (Wildman–Crippen MR) is 172 cm³/mol. The fraction of sp³-hybridized carbons (Fsp3) is 0.121. The number of carbonyl (C=O) groups is 3. The summed E-state index contributed by atoms with van der Waals surface area (Å²) in [5.74, 6) is -0.234. The second kappa shape index (κ2) is 14.9. The molecule has 8 nitrogen and oxygen atoms in total. The van der Waals surface area contributed by atoms with Crippen molar-refractivity contribution in [3.63, 3.8) is 0 Å². The molecule has 0 saturated carbocycles. The molecule has 3 N–H and O–H groups in total. The summed E-state index contributed by atoms with van der Waals surface area (Å²) in [5.41, 5.74) is 2.11. The molecule has 3 amide bonds. The van der Waals surface area contributed by atoms with Crippen molar-refractivity contribution in [3.05, 3.63) is 119 Å². The Morgan fingerprint density at radius 1 is 0.791 bits per heavy atom. The highest BCUT2D eigenvalue weighted by Crippen LogP contribution is 2.32. The first-order valence-corrected chi connectivity index (χ1v) is 14.5. The maximum absolute atomic E-state index is 13.5. The minimum absolute atomic E-state index is 0.00588. The van der Waals surface area contributed by atoms with Gasteiger partial charge in [-0.15, -0.1) is 11.8 Å². The van der Waals surface area contributed by atoms with E-state index in [1.807, 2.05) is 19.1 Å². The first-order valence-electron chi connectivity index (χ1n) is 13.2. The average Bonchev–Trinajstić information content (AvgIpc) is 3.02. The molecule has 220 valence electrons. The van der Waals surface area contributed by atoms with Crippen molar-refractivity contribution in [2.24, 2.45) is 0 Å². The smallest absolute Gasteiger partial charge is 0.272 e. The van der Waals surface area contributed by atoms with Gasteiger partial charge in [-0.2, -0.15) is 0 Å². The zero-order chi connectivity index (χ0) is 30.8. The van der Waals surface area contributed by atoms with Crippen molar-refractivity contribution < 1.29 is 23.9 Å². The van der Waals surface area contributed by atoms with Crippen LogP contribution in [-0.4, -0.2) is 37.2 Å². The van der Waals surface area contributed by atoms with Crippen molar-refractivity contribution in [1.82, 2.24) is 5.32 Å². The average molecular weight is 616 g/mol. The van der Waals surface area contributed by atoms with E-state index in [1.54, 1.807) is 84.9 Å². The minimum Gasteiger partial charge on any atom is -0.493 e. The second-order valence-electron chi connectivity index (χ2n) is 9.20. The Labute approximate surface area is 259 Å². The minimum atomic E-state index is -0.537. The van der Waals surface area contributed by atoms with Crippen LogP contribution in [0.15, 0.2) is 108 Å². The molecule has 0 radical (unpaired) electrons. The van der Waals surface area contributed by atoms with Gasteiger partial charge >= 0.3 is 0 Å². The molecule has 0 spiro atoms. The van der Waals surface area contributed by atoms with Gasteiger partial charge in [-0.3, -0.25) is 14.4 Å². The fourth-order valence-corrected chi connectivity index (χ4v) is 4.97. The number of hydrogen-bond donors (Lipinski definition) is 3. The first-order chi connectivity index (χ1) is 20.8. The zero-order valence-electron chi connectivity index (χ0n) is 23.7. The molecule has 0 aliphatic carbocycles. The van der Waals surface area contributed by atoms with Gasteiger partial charge in [0, 0.05) is 32.4 Å². The van der Waals surface area contributed by atoms with Gasteiger partial charge in [0.1, 0.15) is 5.70 Å². The maximum Gasteiger partial charge on any atom is 0.272 e. The van der Waals surface area contributed by atoms with Gasteiger partial charge in [0.2, 0.25) is 5.91 Å². The van der Waals surface area contributed by atoms with Crippen molar-refractivity contribution in [2.75, 3.05) is 24.9 Å². The third kappa shape index (κ3) is 8.64. The molecule has 1 unspecified atom stereocenters. The normalized spacial score (nSPS) is 11.7. The Balaban J connectivity index is 1.49. The first kappa shape index (κ1) is 31.2. The second-order valence-corrected chi connectivity index (χ2v) is 11.0. The number of benzene rings is 4. The Hall–Kier alpha value is -4.73.